The number of amides is 1. The molecular weight excluding hydrogens is 452 g/mol. The first-order valence-electron chi connectivity index (χ1n) is 13.4. The van der Waals surface area contributed by atoms with Gasteiger partial charge in [-0.1, -0.05) is 116 Å². The van der Waals surface area contributed by atoms with Gasteiger partial charge in [0.2, 0.25) is 5.91 Å². The van der Waals surface area contributed by atoms with Gasteiger partial charge in [0, 0.05) is 36.2 Å². The number of hydrogen-bond acceptors (Lipinski definition) is 2. The Labute approximate surface area is 220 Å². The topological polar surface area (TPSA) is 32.3 Å². The van der Waals surface area contributed by atoms with Gasteiger partial charge in [0.05, 0.1) is 5.92 Å². The van der Waals surface area contributed by atoms with Gasteiger partial charge in [0.1, 0.15) is 0 Å². The Morgan fingerprint density at radius 3 is 1.95 bits per heavy atom. The van der Waals surface area contributed by atoms with Gasteiger partial charge < -0.3 is 10.2 Å². The van der Waals surface area contributed by atoms with Crippen LogP contribution in [0.15, 0.2) is 115 Å². The maximum Gasteiger partial charge on any atom is 0.234 e. The van der Waals surface area contributed by atoms with E-state index in [1.54, 1.807) is 0 Å². The minimum Gasteiger partial charge on any atom is -0.384 e. The summed E-state index contributed by atoms with van der Waals surface area (Å²) < 4.78 is 0. The van der Waals surface area contributed by atoms with Gasteiger partial charge in [-0.2, -0.15) is 0 Å². The Morgan fingerprint density at radius 1 is 0.784 bits per heavy atom. The molecule has 0 saturated carbocycles. The molecule has 3 atom stereocenters. The molecule has 1 N–H and O–H groups in total. The summed E-state index contributed by atoms with van der Waals surface area (Å²) in [4.78, 5) is 16.8. The molecule has 0 aromatic heterocycles. The van der Waals surface area contributed by atoms with Crippen molar-refractivity contribution in [1.29, 1.82) is 0 Å². The average Bonchev–Trinajstić information content (AvgIpc) is 3.32. The zero-order chi connectivity index (χ0) is 25.2. The van der Waals surface area contributed by atoms with Crippen LogP contribution in [0.25, 0.3) is 0 Å². The first kappa shape index (κ1) is 23.5. The lowest BCUT2D eigenvalue weighted by Crippen LogP contribution is -2.55. The monoisotopic (exact) mass is 486 g/mol. The summed E-state index contributed by atoms with van der Waals surface area (Å²) in [5.74, 6) is 0.123. The number of rotatable bonds is 5. The molecule has 186 valence electrons. The van der Waals surface area contributed by atoms with Crippen molar-refractivity contribution in [3.8, 4) is 0 Å². The Hall–Kier alpha value is -3.85. The standard InChI is InChI=1S/C34H34N2O/c1-25(26-13-5-2-6-14-26)31-23-34(24-35-30-20-12-11-19-29(30)34)21-22-36(31)33(37)32(27-15-7-3-8-16-27)28-17-9-4-10-18-28/h2-20,25,31-32,35H,21-24H2,1H3. The molecule has 2 heterocycles. The smallest absolute Gasteiger partial charge is 0.234 e. The van der Waals surface area contributed by atoms with Crippen LogP contribution in [0.1, 0.15) is 53.9 Å². The fourth-order valence-corrected chi connectivity index (χ4v) is 6.61. The minimum absolute atomic E-state index is 0.0517. The van der Waals surface area contributed by atoms with E-state index < -0.39 is 0 Å². The normalized spacial score (nSPS) is 21.5. The molecule has 0 radical (unpaired) electrons. The van der Waals surface area contributed by atoms with Gasteiger partial charge in [-0.25, -0.2) is 0 Å². The van der Waals surface area contributed by atoms with Gasteiger partial charge in [-0.15, -0.1) is 0 Å². The van der Waals surface area contributed by atoms with Crippen LogP contribution in [0.5, 0.6) is 0 Å². The van der Waals surface area contributed by atoms with Crippen molar-refractivity contribution < 1.29 is 4.79 Å². The second-order valence-corrected chi connectivity index (χ2v) is 10.7. The molecule has 3 heteroatoms. The Kier molecular flexibility index (Phi) is 6.30. The molecule has 4 aromatic carbocycles. The average molecular weight is 487 g/mol. The number of nitrogens with one attached hydrogen (secondary N) is 1. The first-order chi connectivity index (χ1) is 18.2. The number of fused-ring (bicyclic) bond motifs is 2. The molecule has 37 heavy (non-hydrogen) atoms. The van der Waals surface area contributed by atoms with Crippen molar-refractivity contribution in [2.24, 2.45) is 0 Å². The number of carbonyl (C=O) groups is 1. The number of piperidine rings is 1. The van der Waals surface area contributed by atoms with Crippen molar-refractivity contribution in [3.05, 3.63) is 138 Å². The number of para-hydroxylation sites is 1. The Balaban J connectivity index is 1.41. The Morgan fingerprint density at radius 2 is 1.32 bits per heavy atom. The predicted molar refractivity (Wildman–Crippen MR) is 151 cm³/mol. The summed E-state index contributed by atoms with van der Waals surface area (Å²) in [6.45, 7) is 3.99. The van der Waals surface area contributed by atoms with Crippen LogP contribution in [0.3, 0.4) is 0 Å². The summed E-state index contributed by atoms with van der Waals surface area (Å²) in [5, 5.41) is 3.67. The van der Waals surface area contributed by atoms with Gasteiger partial charge in [-0.3, -0.25) is 4.79 Å². The molecule has 1 saturated heterocycles. The van der Waals surface area contributed by atoms with E-state index in [0.29, 0.717) is 0 Å². The molecule has 0 aliphatic carbocycles. The van der Waals surface area contributed by atoms with Crippen LogP contribution >= 0.6 is 0 Å². The van der Waals surface area contributed by atoms with E-state index in [0.717, 1.165) is 37.1 Å². The quantitative estimate of drug-likeness (QED) is 0.330. The van der Waals surface area contributed by atoms with Crippen molar-refractivity contribution in [3.63, 3.8) is 0 Å². The molecular formula is C34H34N2O. The second-order valence-electron chi connectivity index (χ2n) is 10.7. The summed E-state index contributed by atoms with van der Waals surface area (Å²) in [5.41, 5.74) is 6.11. The summed E-state index contributed by atoms with van der Waals surface area (Å²) in [6, 6.07) is 40.1. The zero-order valence-corrected chi connectivity index (χ0v) is 21.4. The fraction of sp³-hybridized carbons (Fsp3) is 0.265. The molecule has 1 fully saturated rings. The van der Waals surface area contributed by atoms with Crippen LogP contribution < -0.4 is 5.32 Å². The van der Waals surface area contributed by atoms with Gasteiger partial charge >= 0.3 is 0 Å². The molecule has 2 aliphatic heterocycles. The molecule has 0 bridgehead atoms. The first-order valence-corrected chi connectivity index (χ1v) is 13.4. The van der Waals surface area contributed by atoms with E-state index >= 15 is 0 Å². The highest BCUT2D eigenvalue weighted by Gasteiger charge is 2.48. The van der Waals surface area contributed by atoms with E-state index in [1.807, 2.05) is 36.4 Å². The van der Waals surface area contributed by atoms with E-state index in [-0.39, 0.29) is 29.2 Å². The largest absolute Gasteiger partial charge is 0.384 e. The highest BCUT2D eigenvalue weighted by atomic mass is 16.2. The van der Waals surface area contributed by atoms with Crippen molar-refractivity contribution in [2.75, 3.05) is 18.4 Å². The van der Waals surface area contributed by atoms with Gasteiger partial charge in [-0.05, 0) is 41.2 Å². The third kappa shape index (κ3) is 4.33. The van der Waals surface area contributed by atoms with Crippen LogP contribution in [-0.4, -0.2) is 29.9 Å². The molecule has 1 amide bonds. The summed E-state index contributed by atoms with van der Waals surface area (Å²) >= 11 is 0. The van der Waals surface area contributed by atoms with Crippen molar-refractivity contribution in [1.82, 2.24) is 4.90 Å². The predicted octanol–water partition coefficient (Wildman–Crippen LogP) is 6.98. The number of carbonyl (C=O) groups excluding carboxylic acids is 1. The maximum atomic E-state index is 14.6. The maximum absolute atomic E-state index is 14.6. The molecule has 3 nitrogen and oxygen atoms in total. The molecule has 3 unspecified atom stereocenters. The lowest BCUT2D eigenvalue weighted by molar-refractivity contribution is -0.137. The number of benzene rings is 4. The molecule has 2 aliphatic rings. The minimum atomic E-state index is -0.309. The second kappa shape index (κ2) is 9.89. The number of likely N-dealkylation sites (tertiary alicyclic amines) is 1. The van der Waals surface area contributed by atoms with Gasteiger partial charge in [0.25, 0.3) is 0 Å². The summed E-state index contributed by atoms with van der Waals surface area (Å²) in [7, 11) is 0. The third-order valence-electron chi connectivity index (χ3n) is 8.65. The lowest BCUT2D eigenvalue weighted by Gasteiger charge is -2.48. The van der Waals surface area contributed by atoms with E-state index in [1.165, 1.54) is 16.8 Å². The number of anilines is 1. The van der Waals surface area contributed by atoms with Crippen molar-refractivity contribution in [2.45, 2.75) is 43.1 Å². The van der Waals surface area contributed by atoms with Crippen LogP contribution in [0.4, 0.5) is 5.69 Å². The van der Waals surface area contributed by atoms with Gasteiger partial charge in [0.15, 0.2) is 0 Å². The highest BCUT2D eigenvalue weighted by Crippen LogP contribution is 2.48. The SMILES string of the molecule is CC(c1ccccc1)C1CC2(CCN1C(=O)C(c1ccccc1)c1ccccc1)CNc1ccccc12. The third-order valence-corrected chi connectivity index (χ3v) is 8.65. The fourth-order valence-electron chi connectivity index (χ4n) is 6.61. The summed E-state index contributed by atoms with van der Waals surface area (Å²) in [6.07, 6.45) is 1.92. The van der Waals surface area contributed by atoms with Crippen LogP contribution in [-0.2, 0) is 10.2 Å². The van der Waals surface area contributed by atoms with E-state index in [9.17, 15) is 4.79 Å². The molecule has 4 aromatic rings. The molecule has 6 rings (SSSR count). The lowest BCUT2D eigenvalue weighted by atomic mass is 9.68. The van der Waals surface area contributed by atoms with Crippen LogP contribution in [0, 0.1) is 0 Å². The van der Waals surface area contributed by atoms with E-state index in [2.05, 4.69) is 96.0 Å². The Bertz CT molecular complexity index is 1310. The molecule has 1 spiro atoms. The number of nitrogens with zero attached hydrogens (tertiary/aromatic N) is 1. The van der Waals surface area contributed by atoms with Crippen molar-refractivity contribution >= 4 is 11.6 Å². The number of hydrogen-bond donors (Lipinski definition) is 1. The zero-order valence-electron chi connectivity index (χ0n) is 21.4. The highest BCUT2D eigenvalue weighted by molar-refractivity contribution is 5.88. The van der Waals surface area contributed by atoms with Crippen LogP contribution in [0.2, 0.25) is 0 Å². The van der Waals surface area contributed by atoms with E-state index in [4.69, 9.17) is 0 Å².